The van der Waals surface area contributed by atoms with Crippen molar-refractivity contribution in [1.82, 2.24) is 25.8 Å². The van der Waals surface area contributed by atoms with Gasteiger partial charge in [0.1, 0.15) is 17.6 Å². The Labute approximate surface area is 252 Å². The van der Waals surface area contributed by atoms with E-state index in [1.807, 2.05) is 34.6 Å². The van der Waals surface area contributed by atoms with Gasteiger partial charge in [0.05, 0.1) is 5.25 Å². The summed E-state index contributed by atoms with van der Waals surface area (Å²) in [5.41, 5.74) is -1.24. The number of benzene rings is 1. The molecule has 1 heterocycles. The molecule has 42 heavy (non-hydrogen) atoms. The third-order valence-electron chi connectivity index (χ3n) is 7.29. The van der Waals surface area contributed by atoms with E-state index in [9.17, 15) is 28.8 Å². The number of thioether (sulfide) groups is 1. The van der Waals surface area contributed by atoms with Gasteiger partial charge in [-0.15, -0.1) is 0 Å². The Morgan fingerprint density at radius 3 is 2.02 bits per heavy atom. The number of amides is 6. The molecule has 1 aliphatic heterocycles. The maximum atomic E-state index is 13.7. The van der Waals surface area contributed by atoms with Crippen LogP contribution in [0.1, 0.15) is 71.7 Å². The molecule has 0 aromatic heterocycles. The average Bonchev–Trinajstić information content (AvgIpc) is 3.06. The van der Waals surface area contributed by atoms with E-state index in [1.165, 1.54) is 19.0 Å². The topological polar surface area (TPSA) is 145 Å². The molecule has 1 aromatic carbocycles. The first-order valence-electron chi connectivity index (χ1n) is 14.1. The predicted molar refractivity (Wildman–Crippen MR) is 163 cm³/mol. The van der Waals surface area contributed by atoms with Crippen molar-refractivity contribution in [1.29, 1.82) is 0 Å². The van der Waals surface area contributed by atoms with E-state index in [0.29, 0.717) is 5.56 Å². The monoisotopic (exact) mass is 603 g/mol. The molecule has 12 heteroatoms. The number of hydrogen-bond donors (Lipinski definition) is 3. The third kappa shape index (κ3) is 8.56. The first-order chi connectivity index (χ1) is 19.4. The largest absolute Gasteiger partial charge is 0.357 e. The SMILES string of the molecule is CNC(=O)[C@@H](NC(=O)[C@H](CC(C)C)NC(=O)[C@@H](CCN1C(=O)N(C)C(C)(C)C1=O)SC(=O)c1ccccc1)C(C)(C)C. The molecule has 0 aliphatic carbocycles. The van der Waals surface area contributed by atoms with E-state index in [4.69, 9.17) is 0 Å². The number of nitrogens with one attached hydrogen (secondary N) is 3. The molecule has 1 fully saturated rings. The van der Waals surface area contributed by atoms with Gasteiger partial charge in [-0.1, -0.05) is 76.7 Å². The molecule has 0 spiro atoms. The quantitative estimate of drug-likeness (QED) is 0.312. The smallest absolute Gasteiger partial charge is 0.327 e. The molecule has 0 radical (unpaired) electrons. The zero-order valence-corrected chi connectivity index (χ0v) is 26.9. The van der Waals surface area contributed by atoms with Crippen LogP contribution in [0.2, 0.25) is 0 Å². The molecule has 1 aromatic rings. The molecular weight excluding hydrogens is 558 g/mol. The number of hydrogen-bond acceptors (Lipinski definition) is 7. The number of nitrogens with zero attached hydrogens (tertiary/aromatic N) is 2. The summed E-state index contributed by atoms with van der Waals surface area (Å²) < 4.78 is 0. The van der Waals surface area contributed by atoms with Crippen LogP contribution in [0.25, 0.3) is 0 Å². The second-order valence-electron chi connectivity index (χ2n) is 12.5. The fourth-order valence-electron chi connectivity index (χ4n) is 4.47. The van der Waals surface area contributed by atoms with E-state index in [1.54, 1.807) is 44.2 Å². The van der Waals surface area contributed by atoms with Gasteiger partial charge < -0.3 is 20.9 Å². The van der Waals surface area contributed by atoms with Gasteiger partial charge in [0.2, 0.25) is 22.8 Å². The third-order valence-corrected chi connectivity index (χ3v) is 8.48. The molecule has 3 N–H and O–H groups in total. The van der Waals surface area contributed by atoms with Crippen molar-refractivity contribution in [2.45, 2.75) is 84.2 Å². The average molecular weight is 604 g/mol. The van der Waals surface area contributed by atoms with Crippen molar-refractivity contribution in [3.05, 3.63) is 35.9 Å². The van der Waals surface area contributed by atoms with Gasteiger partial charge in [-0.25, -0.2) is 4.79 Å². The molecule has 6 amide bonds. The van der Waals surface area contributed by atoms with Gasteiger partial charge in [-0.05, 0) is 38.0 Å². The van der Waals surface area contributed by atoms with Gasteiger partial charge in [0.15, 0.2) is 0 Å². The summed E-state index contributed by atoms with van der Waals surface area (Å²) in [6.45, 7) is 12.5. The van der Waals surface area contributed by atoms with Gasteiger partial charge in [-0.2, -0.15) is 0 Å². The first kappa shape index (κ1) is 34.8. The van der Waals surface area contributed by atoms with Gasteiger partial charge in [0.25, 0.3) is 5.91 Å². The minimum atomic E-state index is -1.03. The highest BCUT2D eigenvalue weighted by Gasteiger charge is 2.49. The Morgan fingerprint density at radius 2 is 1.55 bits per heavy atom. The van der Waals surface area contributed by atoms with Crippen molar-refractivity contribution in [3.63, 3.8) is 0 Å². The number of rotatable bonds is 12. The number of carbonyl (C=O) groups excluding carboxylic acids is 6. The summed E-state index contributed by atoms with van der Waals surface area (Å²) >= 11 is 0.782. The lowest BCUT2D eigenvalue weighted by molar-refractivity contribution is -0.134. The fraction of sp³-hybridized carbons (Fsp3) is 0.600. The lowest BCUT2D eigenvalue weighted by atomic mass is 9.85. The van der Waals surface area contributed by atoms with Crippen LogP contribution < -0.4 is 16.0 Å². The van der Waals surface area contributed by atoms with Crippen LogP contribution in [0.3, 0.4) is 0 Å². The molecule has 0 bridgehead atoms. The molecular formula is C30H45N5O6S. The van der Waals surface area contributed by atoms with Gasteiger partial charge in [-0.3, -0.25) is 28.9 Å². The summed E-state index contributed by atoms with van der Waals surface area (Å²) in [6.07, 6.45) is 0.281. The number of imide groups is 1. The van der Waals surface area contributed by atoms with Crippen molar-refractivity contribution in [3.8, 4) is 0 Å². The van der Waals surface area contributed by atoms with Gasteiger partial charge >= 0.3 is 6.03 Å². The van der Waals surface area contributed by atoms with E-state index in [0.717, 1.165) is 16.7 Å². The molecule has 232 valence electrons. The molecule has 1 aliphatic rings. The maximum Gasteiger partial charge on any atom is 0.327 e. The number of carbonyl (C=O) groups is 6. The standard InChI is InChI=1S/C30H45N5O6S/c1-18(2)17-20(23(36)33-22(25(38)31-8)29(3,4)5)32-24(37)21(42-26(39)19-13-11-10-12-14-19)15-16-35-27(40)30(6,7)34(9)28(35)41/h10-14,18,20-22H,15-17H2,1-9H3,(H,31,38)(H,32,37)(H,33,36)/t20-,21+,22+/m0/s1. The molecule has 1 saturated heterocycles. The fourth-order valence-corrected chi connectivity index (χ4v) is 5.40. The van der Waals surface area contributed by atoms with E-state index in [2.05, 4.69) is 16.0 Å². The van der Waals surface area contributed by atoms with Crippen LogP contribution in [0.15, 0.2) is 30.3 Å². The second kappa shape index (κ2) is 14.2. The Kier molecular flexibility index (Phi) is 11.7. The summed E-state index contributed by atoms with van der Waals surface area (Å²) in [5, 5.41) is 6.77. The normalized spacial score (nSPS) is 17.1. The minimum Gasteiger partial charge on any atom is -0.357 e. The maximum absolute atomic E-state index is 13.7. The zero-order chi connectivity index (χ0) is 32.0. The number of likely N-dealkylation sites (N-methyl/N-ethyl adjacent to an activating group) is 2. The van der Waals surface area contributed by atoms with Crippen LogP contribution in [-0.4, -0.2) is 88.1 Å². The molecule has 11 nitrogen and oxygen atoms in total. The van der Waals surface area contributed by atoms with E-state index in [-0.39, 0.29) is 36.3 Å². The lowest BCUT2D eigenvalue weighted by Gasteiger charge is -2.32. The van der Waals surface area contributed by atoms with E-state index >= 15 is 0 Å². The van der Waals surface area contributed by atoms with Crippen molar-refractivity contribution < 1.29 is 28.8 Å². The highest BCUT2D eigenvalue weighted by Crippen LogP contribution is 2.28. The second-order valence-corrected chi connectivity index (χ2v) is 13.7. The molecule has 2 rings (SSSR count). The lowest BCUT2D eigenvalue weighted by Crippen LogP contribution is -2.58. The summed E-state index contributed by atoms with van der Waals surface area (Å²) in [6, 6.07) is 6.15. The summed E-state index contributed by atoms with van der Waals surface area (Å²) in [7, 11) is 3.03. The summed E-state index contributed by atoms with van der Waals surface area (Å²) in [5.74, 6) is -1.84. The Hall–Kier alpha value is -3.41. The van der Waals surface area contributed by atoms with Crippen LogP contribution in [0, 0.1) is 11.3 Å². The first-order valence-corrected chi connectivity index (χ1v) is 15.0. The molecule has 3 atom stereocenters. The molecule has 0 unspecified atom stereocenters. The Balaban J connectivity index is 2.32. The van der Waals surface area contributed by atoms with E-state index < -0.39 is 52.0 Å². The van der Waals surface area contributed by atoms with Crippen molar-refractivity contribution in [2.75, 3.05) is 20.6 Å². The minimum absolute atomic E-state index is 0.00462. The molecule has 0 saturated carbocycles. The van der Waals surface area contributed by atoms with Crippen molar-refractivity contribution in [2.24, 2.45) is 11.3 Å². The highest BCUT2D eigenvalue weighted by molar-refractivity contribution is 8.15. The zero-order valence-electron chi connectivity index (χ0n) is 26.1. The van der Waals surface area contributed by atoms with Crippen LogP contribution in [0.5, 0.6) is 0 Å². The Bertz CT molecular complexity index is 1180. The van der Waals surface area contributed by atoms with Crippen LogP contribution >= 0.6 is 11.8 Å². The Morgan fingerprint density at radius 1 is 0.952 bits per heavy atom. The van der Waals surface area contributed by atoms with Gasteiger partial charge in [0, 0.05) is 26.2 Å². The van der Waals surface area contributed by atoms with Crippen LogP contribution in [-0.2, 0) is 19.2 Å². The summed E-state index contributed by atoms with van der Waals surface area (Å²) in [4.78, 5) is 80.9. The highest BCUT2D eigenvalue weighted by atomic mass is 32.2. The predicted octanol–water partition coefficient (Wildman–Crippen LogP) is 2.80. The number of urea groups is 1. The van der Waals surface area contributed by atoms with Crippen molar-refractivity contribution >= 4 is 46.5 Å². The van der Waals surface area contributed by atoms with Crippen LogP contribution in [0.4, 0.5) is 4.79 Å².